The number of amides is 1. The Balaban J connectivity index is 1.64. The molecule has 2 heterocycles. The van der Waals surface area contributed by atoms with Crippen molar-refractivity contribution in [3.63, 3.8) is 0 Å². The third-order valence-corrected chi connectivity index (χ3v) is 4.42. The molecule has 3 rings (SSSR count). The van der Waals surface area contributed by atoms with Crippen LogP contribution in [-0.4, -0.2) is 35.7 Å². The quantitative estimate of drug-likeness (QED) is 0.803. The minimum absolute atomic E-state index is 0.157. The van der Waals surface area contributed by atoms with Crippen molar-refractivity contribution < 1.29 is 19.1 Å². The average molecular weight is 303 g/mol. The van der Waals surface area contributed by atoms with Crippen molar-refractivity contribution in [2.75, 3.05) is 6.54 Å². The number of benzene rings is 1. The molecule has 2 saturated heterocycles. The molecule has 22 heavy (non-hydrogen) atoms. The Labute approximate surface area is 130 Å². The van der Waals surface area contributed by atoms with Crippen LogP contribution in [0.3, 0.4) is 0 Å². The van der Waals surface area contributed by atoms with Crippen LogP contribution in [0.5, 0.6) is 0 Å². The van der Waals surface area contributed by atoms with Crippen LogP contribution in [0, 0.1) is 5.92 Å². The molecule has 0 bridgehead atoms. The number of nitrogens with zero attached hydrogens (tertiary/aromatic N) is 1. The first kappa shape index (κ1) is 14.9. The normalized spacial score (nSPS) is 26.7. The zero-order valence-electron chi connectivity index (χ0n) is 12.7. The summed E-state index contributed by atoms with van der Waals surface area (Å²) in [4.78, 5) is 26.0. The number of esters is 1. The first-order valence-corrected chi connectivity index (χ1v) is 7.88. The van der Waals surface area contributed by atoms with E-state index in [0.717, 1.165) is 18.4 Å². The van der Waals surface area contributed by atoms with Crippen LogP contribution in [0.15, 0.2) is 30.3 Å². The predicted molar refractivity (Wildman–Crippen MR) is 80.0 cm³/mol. The van der Waals surface area contributed by atoms with Gasteiger partial charge in [-0.1, -0.05) is 43.7 Å². The van der Waals surface area contributed by atoms with Crippen molar-refractivity contribution >= 4 is 12.1 Å². The molecule has 0 N–H and O–H groups in total. The van der Waals surface area contributed by atoms with Crippen LogP contribution in [0.25, 0.3) is 0 Å². The number of carbonyl (C=O) groups excluding carboxylic acids is 2. The summed E-state index contributed by atoms with van der Waals surface area (Å²) in [5.41, 5.74) is 0.954. The number of fused-ring (bicyclic) bond motifs is 1. The van der Waals surface area contributed by atoms with Gasteiger partial charge in [-0.25, -0.2) is 4.79 Å². The lowest BCUT2D eigenvalue weighted by atomic mass is 9.94. The summed E-state index contributed by atoms with van der Waals surface area (Å²) in [6.07, 6.45) is 1.85. The molecule has 1 amide bonds. The maximum absolute atomic E-state index is 12.4. The predicted octanol–water partition coefficient (Wildman–Crippen LogP) is 2.74. The monoisotopic (exact) mass is 303 g/mol. The van der Waals surface area contributed by atoms with E-state index in [9.17, 15) is 9.59 Å². The highest BCUT2D eigenvalue weighted by Gasteiger charge is 2.52. The van der Waals surface area contributed by atoms with E-state index >= 15 is 0 Å². The molecule has 118 valence electrons. The Hall–Kier alpha value is -2.04. The highest BCUT2D eigenvalue weighted by molar-refractivity contribution is 5.78. The van der Waals surface area contributed by atoms with Gasteiger partial charge in [0, 0.05) is 13.0 Å². The van der Waals surface area contributed by atoms with Gasteiger partial charge in [0.05, 0.1) is 12.0 Å². The second kappa shape index (κ2) is 6.38. The number of carbonyl (C=O) groups is 2. The molecular formula is C17H21NO4. The van der Waals surface area contributed by atoms with Crippen molar-refractivity contribution in [2.24, 2.45) is 5.92 Å². The molecule has 3 atom stereocenters. The lowest BCUT2D eigenvalue weighted by Gasteiger charge is -2.25. The molecule has 0 aliphatic carbocycles. The summed E-state index contributed by atoms with van der Waals surface area (Å²) in [7, 11) is 0. The lowest BCUT2D eigenvalue weighted by molar-refractivity contribution is -0.144. The molecule has 0 saturated carbocycles. The van der Waals surface area contributed by atoms with E-state index < -0.39 is 0 Å². The van der Waals surface area contributed by atoms with Gasteiger partial charge in [-0.3, -0.25) is 4.79 Å². The Morgan fingerprint density at radius 3 is 2.86 bits per heavy atom. The van der Waals surface area contributed by atoms with Gasteiger partial charge in [-0.05, 0) is 12.0 Å². The van der Waals surface area contributed by atoms with Crippen molar-refractivity contribution in [1.82, 2.24) is 4.90 Å². The fourth-order valence-electron chi connectivity index (χ4n) is 3.38. The average Bonchev–Trinajstić information content (AvgIpc) is 3.06. The van der Waals surface area contributed by atoms with Gasteiger partial charge in [-0.2, -0.15) is 0 Å². The van der Waals surface area contributed by atoms with Gasteiger partial charge >= 0.3 is 12.1 Å². The van der Waals surface area contributed by atoms with Crippen LogP contribution in [0.4, 0.5) is 4.79 Å². The summed E-state index contributed by atoms with van der Waals surface area (Å²) in [5.74, 6) is -0.376. The van der Waals surface area contributed by atoms with Crippen molar-refractivity contribution in [3.8, 4) is 0 Å². The first-order valence-electron chi connectivity index (χ1n) is 7.88. The molecular weight excluding hydrogens is 282 g/mol. The van der Waals surface area contributed by atoms with E-state index in [4.69, 9.17) is 9.47 Å². The second-order valence-electron chi connectivity index (χ2n) is 5.88. The molecule has 0 spiro atoms. The van der Waals surface area contributed by atoms with E-state index in [-0.39, 0.29) is 36.7 Å². The van der Waals surface area contributed by atoms with Crippen LogP contribution in [0.2, 0.25) is 0 Å². The number of ether oxygens (including phenoxy) is 2. The Morgan fingerprint density at radius 2 is 2.14 bits per heavy atom. The molecule has 5 nitrogen and oxygen atoms in total. The van der Waals surface area contributed by atoms with Gasteiger partial charge in [0.15, 0.2) is 0 Å². The Kier molecular flexibility index (Phi) is 4.32. The second-order valence-corrected chi connectivity index (χ2v) is 5.88. The molecule has 2 aliphatic rings. The van der Waals surface area contributed by atoms with Crippen LogP contribution in [0.1, 0.15) is 31.7 Å². The van der Waals surface area contributed by atoms with Gasteiger partial charge in [0.25, 0.3) is 0 Å². The van der Waals surface area contributed by atoms with Gasteiger partial charge in [0.1, 0.15) is 12.7 Å². The topological polar surface area (TPSA) is 55.8 Å². The van der Waals surface area contributed by atoms with E-state index in [1.165, 1.54) is 0 Å². The molecule has 0 aromatic heterocycles. The summed E-state index contributed by atoms with van der Waals surface area (Å²) >= 11 is 0. The van der Waals surface area contributed by atoms with Crippen molar-refractivity contribution in [3.05, 3.63) is 35.9 Å². The van der Waals surface area contributed by atoms with Crippen LogP contribution < -0.4 is 0 Å². The van der Waals surface area contributed by atoms with Gasteiger partial charge < -0.3 is 14.4 Å². The minimum atomic E-state index is -0.351. The molecule has 5 heteroatoms. The number of hydrogen-bond acceptors (Lipinski definition) is 4. The van der Waals surface area contributed by atoms with Gasteiger partial charge in [-0.15, -0.1) is 0 Å². The number of rotatable bonds is 4. The fraction of sp³-hybridized carbons (Fsp3) is 0.529. The third-order valence-electron chi connectivity index (χ3n) is 4.42. The molecule has 0 radical (unpaired) electrons. The summed E-state index contributed by atoms with van der Waals surface area (Å²) in [6.45, 7) is 2.88. The van der Waals surface area contributed by atoms with E-state index in [2.05, 4.69) is 0 Å². The number of likely N-dealkylation sites (tertiary alicyclic amines) is 1. The highest BCUT2D eigenvalue weighted by atomic mass is 16.6. The third kappa shape index (κ3) is 2.80. The van der Waals surface area contributed by atoms with Gasteiger partial charge in [0.2, 0.25) is 0 Å². The van der Waals surface area contributed by atoms with Crippen molar-refractivity contribution in [2.45, 2.75) is 44.9 Å². The summed E-state index contributed by atoms with van der Waals surface area (Å²) in [5, 5.41) is 0. The zero-order chi connectivity index (χ0) is 15.5. The minimum Gasteiger partial charge on any atom is -0.460 e. The van der Waals surface area contributed by atoms with Crippen molar-refractivity contribution in [1.29, 1.82) is 0 Å². The highest BCUT2D eigenvalue weighted by Crippen LogP contribution is 2.36. The number of hydrogen-bond donors (Lipinski definition) is 0. The molecule has 2 aliphatic heterocycles. The SMILES string of the molecule is CCC[C@@H]1C(=O)O[C@H]2CCN(C(=O)OCc3ccccc3)[C@@H]21. The van der Waals surface area contributed by atoms with E-state index in [1.54, 1.807) is 4.90 Å². The largest absolute Gasteiger partial charge is 0.460 e. The van der Waals surface area contributed by atoms with E-state index in [1.807, 2.05) is 37.3 Å². The summed E-state index contributed by atoms with van der Waals surface area (Å²) < 4.78 is 10.8. The molecule has 1 aromatic rings. The lowest BCUT2D eigenvalue weighted by Crippen LogP contribution is -2.42. The molecule has 1 aromatic carbocycles. The summed E-state index contributed by atoms with van der Waals surface area (Å²) in [6, 6.07) is 9.43. The maximum Gasteiger partial charge on any atom is 0.410 e. The first-order chi connectivity index (χ1) is 10.7. The molecule has 0 unspecified atom stereocenters. The maximum atomic E-state index is 12.4. The fourth-order valence-corrected chi connectivity index (χ4v) is 3.38. The van der Waals surface area contributed by atoms with E-state index in [0.29, 0.717) is 13.0 Å². The Bertz CT molecular complexity index is 545. The van der Waals surface area contributed by atoms with Crippen LogP contribution >= 0.6 is 0 Å². The van der Waals surface area contributed by atoms with Crippen LogP contribution in [-0.2, 0) is 20.9 Å². The zero-order valence-corrected chi connectivity index (χ0v) is 12.7. The smallest absolute Gasteiger partial charge is 0.410 e. The Morgan fingerprint density at radius 1 is 1.36 bits per heavy atom. The molecule has 2 fully saturated rings. The standard InChI is InChI=1S/C17H21NO4/c1-2-6-13-15-14(22-16(13)19)9-10-18(15)17(20)21-11-12-7-4-3-5-8-12/h3-5,7-8,13-15H,2,6,9-11H2,1H3/t13-,14-,15+/m0/s1.